The monoisotopic (exact) mass is 397 g/mol. The number of fused-ring (bicyclic) bond motifs is 4. The van der Waals surface area contributed by atoms with E-state index in [-0.39, 0.29) is 12.4 Å². The summed E-state index contributed by atoms with van der Waals surface area (Å²) in [5, 5.41) is 1.51. The maximum Gasteiger partial charge on any atom is 0.124 e. The molecule has 0 unspecified atom stereocenters. The summed E-state index contributed by atoms with van der Waals surface area (Å²) in [5.74, 6) is 0. The summed E-state index contributed by atoms with van der Waals surface area (Å²) in [7, 11) is 0. The van der Waals surface area contributed by atoms with Crippen molar-refractivity contribution in [2.75, 3.05) is 0 Å². The Balaban J connectivity index is 0.00000180. The molecular formula is C24H28ClNS. The van der Waals surface area contributed by atoms with E-state index in [1.54, 1.807) is 16.0 Å². The highest BCUT2D eigenvalue weighted by atomic mass is 35.5. The van der Waals surface area contributed by atoms with Crippen LogP contribution in [-0.4, -0.2) is 4.98 Å². The van der Waals surface area contributed by atoms with Crippen LogP contribution in [-0.2, 0) is 25.7 Å². The molecule has 2 aliphatic carbocycles. The number of rotatable bonds is 1. The van der Waals surface area contributed by atoms with E-state index >= 15 is 0 Å². The van der Waals surface area contributed by atoms with Gasteiger partial charge < -0.3 is 0 Å². The SMILES string of the molecule is Cc1cccc(-c2c3c(nc4sc5c(c24)CCCC5)CCCCCC3)c1.Cl. The molecular weight excluding hydrogens is 370 g/mol. The van der Waals surface area contributed by atoms with Crippen molar-refractivity contribution in [3.63, 3.8) is 0 Å². The first-order valence-corrected chi connectivity index (χ1v) is 11.2. The van der Waals surface area contributed by atoms with Crippen molar-refractivity contribution in [2.24, 2.45) is 0 Å². The first-order valence-electron chi connectivity index (χ1n) is 10.3. The fourth-order valence-corrected chi connectivity index (χ4v) is 6.21. The third-order valence-electron chi connectivity index (χ3n) is 6.19. The molecule has 142 valence electrons. The summed E-state index contributed by atoms with van der Waals surface area (Å²) in [6, 6.07) is 9.16. The van der Waals surface area contributed by atoms with Gasteiger partial charge in [0.25, 0.3) is 0 Å². The third-order valence-corrected chi connectivity index (χ3v) is 7.37. The quantitative estimate of drug-likeness (QED) is 0.422. The molecule has 0 atom stereocenters. The Kier molecular flexibility index (Phi) is 5.57. The molecule has 1 aromatic carbocycles. The van der Waals surface area contributed by atoms with Crippen LogP contribution in [0.25, 0.3) is 21.3 Å². The van der Waals surface area contributed by atoms with Gasteiger partial charge in [-0.25, -0.2) is 4.98 Å². The molecule has 0 saturated carbocycles. The Morgan fingerprint density at radius 3 is 2.44 bits per heavy atom. The molecule has 2 heterocycles. The fraction of sp³-hybridized carbons (Fsp3) is 0.458. The second kappa shape index (κ2) is 7.93. The molecule has 1 nitrogen and oxygen atoms in total. The minimum atomic E-state index is 0. The summed E-state index contributed by atoms with van der Waals surface area (Å²) in [6.07, 6.45) is 12.9. The van der Waals surface area contributed by atoms with Gasteiger partial charge in [0, 0.05) is 16.0 Å². The number of aromatic nitrogens is 1. The summed E-state index contributed by atoms with van der Waals surface area (Å²) in [4.78, 5) is 8.18. The Bertz CT molecular complexity index is 972. The summed E-state index contributed by atoms with van der Waals surface area (Å²) in [5.41, 5.74) is 8.90. The van der Waals surface area contributed by atoms with Gasteiger partial charge in [0.15, 0.2) is 0 Å². The third kappa shape index (κ3) is 3.43. The summed E-state index contributed by atoms with van der Waals surface area (Å²) >= 11 is 1.99. The zero-order valence-corrected chi connectivity index (χ0v) is 17.8. The van der Waals surface area contributed by atoms with Gasteiger partial charge in [-0.15, -0.1) is 23.7 Å². The van der Waals surface area contributed by atoms with Crippen LogP contribution in [0, 0.1) is 6.92 Å². The Morgan fingerprint density at radius 1 is 0.852 bits per heavy atom. The second-order valence-electron chi connectivity index (χ2n) is 8.09. The molecule has 2 aliphatic rings. The molecule has 0 fully saturated rings. The maximum atomic E-state index is 5.25. The van der Waals surface area contributed by atoms with Crippen molar-refractivity contribution in [2.45, 2.75) is 71.1 Å². The second-order valence-corrected chi connectivity index (χ2v) is 9.17. The molecule has 0 amide bonds. The molecule has 2 aromatic heterocycles. The largest absolute Gasteiger partial charge is 0.242 e. The van der Waals surface area contributed by atoms with E-state index in [2.05, 4.69) is 31.2 Å². The first kappa shape index (κ1) is 19.0. The lowest BCUT2D eigenvalue weighted by Crippen LogP contribution is -2.06. The van der Waals surface area contributed by atoms with Crippen LogP contribution in [0.4, 0.5) is 0 Å². The number of pyridine rings is 1. The molecule has 0 aliphatic heterocycles. The minimum Gasteiger partial charge on any atom is -0.242 e. The van der Waals surface area contributed by atoms with Gasteiger partial charge in [0.2, 0.25) is 0 Å². The highest BCUT2D eigenvalue weighted by Crippen LogP contribution is 2.44. The van der Waals surface area contributed by atoms with E-state index < -0.39 is 0 Å². The number of aryl methyl sites for hydroxylation is 4. The van der Waals surface area contributed by atoms with Gasteiger partial charge in [-0.2, -0.15) is 0 Å². The van der Waals surface area contributed by atoms with Crippen molar-refractivity contribution in [3.05, 3.63) is 51.5 Å². The van der Waals surface area contributed by atoms with Crippen LogP contribution >= 0.6 is 23.7 Å². The lowest BCUT2D eigenvalue weighted by Gasteiger charge is -2.20. The molecule has 3 aromatic rings. The highest BCUT2D eigenvalue weighted by Gasteiger charge is 2.24. The van der Waals surface area contributed by atoms with Crippen LogP contribution in [0.2, 0.25) is 0 Å². The van der Waals surface area contributed by atoms with Gasteiger partial charge >= 0.3 is 0 Å². The van der Waals surface area contributed by atoms with Gasteiger partial charge in [-0.3, -0.25) is 0 Å². The topological polar surface area (TPSA) is 12.9 Å². The van der Waals surface area contributed by atoms with Gasteiger partial charge in [0.1, 0.15) is 4.83 Å². The Labute approximate surface area is 172 Å². The number of benzene rings is 1. The molecule has 5 rings (SSSR count). The Hall–Kier alpha value is -1.38. The van der Waals surface area contributed by atoms with Crippen LogP contribution in [0.3, 0.4) is 0 Å². The first-order chi connectivity index (χ1) is 12.8. The van der Waals surface area contributed by atoms with Gasteiger partial charge in [-0.05, 0) is 80.5 Å². The van der Waals surface area contributed by atoms with Crippen LogP contribution in [0.15, 0.2) is 24.3 Å². The number of halogens is 1. The van der Waals surface area contributed by atoms with Crippen molar-refractivity contribution in [1.82, 2.24) is 4.98 Å². The molecule has 0 bridgehead atoms. The zero-order valence-electron chi connectivity index (χ0n) is 16.1. The minimum absolute atomic E-state index is 0. The maximum absolute atomic E-state index is 5.25. The van der Waals surface area contributed by atoms with E-state index in [0.717, 1.165) is 6.42 Å². The van der Waals surface area contributed by atoms with Crippen LogP contribution < -0.4 is 0 Å². The fourth-order valence-electron chi connectivity index (χ4n) is 4.92. The van der Waals surface area contributed by atoms with Crippen LogP contribution in [0.5, 0.6) is 0 Å². The number of hydrogen-bond donors (Lipinski definition) is 0. The van der Waals surface area contributed by atoms with E-state index in [0.29, 0.717) is 0 Å². The number of nitrogens with zero attached hydrogens (tertiary/aromatic N) is 1. The number of thiophene rings is 1. The standard InChI is InChI=1S/C24H27NS.ClH/c1-16-9-8-10-17(15-16)22-18-11-4-2-3-5-13-20(18)25-24-23(22)19-12-6-7-14-21(19)26-24;/h8-10,15H,2-7,11-14H2,1H3;1H. The molecule has 27 heavy (non-hydrogen) atoms. The molecule has 0 spiro atoms. The normalized spacial score (nSPS) is 16.8. The van der Waals surface area contributed by atoms with E-state index in [1.165, 1.54) is 90.4 Å². The summed E-state index contributed by atoms with van der Waals surface area (Å²) in [6.45, 7) is 2.22. The highest BCUT2D eigenvalue weighted by molar-refractivity contribution is 7.19. The molecule has 0 saturated heterocycles. The van der Waals surface area contributed by atoms with Crippen molar-refractivity contribution in [1.29, 1.82) is 0 Å². The zero-order chi connectivity index (χ0) is 17.5. The average Bonchev–Trinajstić information content (AvgIpc) is 2.99. The molecule has 0 radical (unpaired) electrons. The van der Waals surface area contributed by atoms with Crippen molar-refractivity contribution in [3.8, 4) is 11.1 Å². The van der Waals surface area contributed by atoms with Gasteiger partial charge in [-0.1, -0.05) is 42.7 Å². The predicted molar refractivity (Wildman–Crippen MR) is 120 cm³/mol. The molecule has 3 heteroatoms. The smallest absolute Gasteiger partial charge is 0.124 e. The van der Waals surface area contributed by atoms with Crippen molar-refractivity contribution < 1.29 is 0 Å². The Morgan fingerprint density at radius 2 is 1.59 bits per heavy atom. The van der Waals surface area contributed by atoms with E-state index in [1.807, 2.05) is 11.3 Å². The predicted octanol–water partition coefficient (Wildman–Crippen LogP) is 7.23. The lowest BCUT2D eigenvalue weighted by atomic mass is 9.86. The van der Waals surface area contributed by atoms with Crippen molar-refractivity contribution >= 4 is 34.0 Å². The van der Waals surface area contributed by atoms with E-state index in [4.69, 9.17) is 4.98 Å². The van der Waals surface area contributed by atoms with E-state index in [9.17, 15) is 0 Å². The van der Waals surface area contributed by atoms with Crippen LogP contribution in [0.1, 0.15) is 65.8 Å². The number of hydrogen-bond acceptors (Lipinski definition) is 2. The lowest BCUT2D eigenvalue weighted by molar-refractivity contribution is 0.611. The van der Waals surface area contributed by atoms with Gasteiger partial charge in [0.05, 0.1) is 0 Å². The molecule has 0 N–H and O–H groups in total. The summed E-state index contributed by atoms with van der Waals surface area (Å²) < 4.78 is 0. The average molecular weight is 398 g/mol.